The average molecular weight is 243 g/mol. The molecule has 0 saturated heterocycles. The van der Waals surface area contributed by atoms with Crippen molar-refractivity contribution in [2.75, 3.05) is 13.7 Å². The zero-order valence-corrected chi connectivity index (χ0v) is 10.8. The number of hydrogen-bond donors (Lipinski definition) is 0. The number of hydrogen-bond acceptors (Lipinski definition) is 3. The van der Waals surface area contributed by atoms with Crippen molar-refractivity contribution in [2.45, 2.75) is 25.7 Å². The minimum atomic E-state index is 0.618. The quantitative estimate of drug-likeness (QED) is 0.823. The molecular weight excluding hydrogens is 226 g/mol. The summed E-state index contributed by atoms with van der Waals surface area (Å²) in [5.74, 6) is 2.16. The van der Waals surface area contributed by atoms with Crippen LogP contribution in [-0.4, -0.2) is 18.7 Å². The fourth-order valence-electron chi connectivity index (χ4n) is 2.33. The smallest absolute Gasteiger partial charge is 0.217 e. The Morgan fingerprint density at radius 3 is 2.83 bits per heavy atom. The molecule has 3 rings (SSSR count). The van der Waals surface area contributed by atoms with Gasteiger partial charge in [0, 0.05) is 11.5 Å². The van der Waals surface area contributed by atoms with Crippen molar-refractivity contribution in [2.24, 2.45) is 0 Å². The number of ether oxygens (including phenoxy) is 2. The Morgan fingerprint density at radius 1 is 1.33 bits per heavy atom. The fraction of sp³-hybridized carbons (Fsp3) is 0.400. The highest BCUT2D eigenvalue weighted by molar-refractivity contribution is 5.89. The SMILES string of the molecule is CCOc1cc(OC)c2cccc(C3CC3)c2n1. The van der Waals surface area contributed by atoms with E-state index in [2.05, 4.69) is 23.2 Å². The van der Waals surface area contributed by atoms with Gasteiger partial charge in [-0.1, -0.05) is 12.1 Å². The Bertz CT molecular complexity index is 576. The number of aromatic nitrogens is 1. The highest BCUT2D eigenvalue weighted by Crippen LogP contribution is 2.44. The van der Waals surface area contributed by atoms with Crippen molar-refractivity contribution in [3.63, 3.8) is 0 Å². The van der Waals surface area contributed by atoms with Gasteiger partial charge >= 0.3 is 0 Å². The van der Waals surface area contributed by atoms with Gasteiger partial charge in [-0.15, -0.1) is 0 Å². The molecule has 0 amide bonds. The van der Waals surface area contributed by atoms with Crippen LogP contribution in [0.3, 0.4) is 0 Å². The van der Waals surface area contributed by atoms with Crippen LogP contribution in [-0.2, 0) is 0 Å². The van der Waals surface area contributed by atoms with E-state index in [0.717, 1.165) is 16.7 Å². The molecule has 1 aromatic heterocycles. The number of rotatable bonds is 4. The molecule has 1 aromatic carbocycles. The summed E-state index contributed by atoms with van der Waals surface area (Å²) in [6.07, 6.45) is 2.53. The molecule has 18 heavy (non-hydrogen) atoms. The zero-order chi connectivity index (χ0) is 12.5. The van der Waals surface area contributed by atoms with Crippen LogP contribution >= 0.6 is 0 Å². The first-order valence-electron chi connectivity index (χ1n) is 6.44. The van der Waals surface area contributed by atoms with Gasteiger partial charge in [0.05, 0.1) is 19.2 Å². The van der Waals surface area contributed by atoms with Gasteiger partial charge in [0.15, 0.2) is 0 Å². The standard InChI is InChI=1S/C15H17NO2/c1-3-18-14-9-13(17-2)12-6-4-5-11(10-7-8-10)15(12)16-14/h4-6,9-10H,3,7-8H2,1-2H3. The van der Waals surface area contributed by atoms with Crippen LogP contribution < -0.4 is 9.47 Å². The fourth-order valence-corrected chi connectivity index (χ4v) is 2.33. The lowest BCUT2D eigenvalue weighted by Crippen LogP contribution is -1.98. The van der Waals surface area contributed by atoms with E-state index in [9.17, 15) is 0 Å². The number of methoxy groups -OCH3 is 1. The molecule has 1 fully saturated rings. The Balaban J connectivity index is 2.22. The summed E-state index contributed by atoms with van der Waals surface area (Å²) in [5.41, 5.74) is 2.36. The molecule has 0 unspecified atom stereocenters. The third-order valence-corrected chi connectivity index (χ3v) is 3.34. The molecule has 94 valence electrons. The second kappa shape index (κ2) is 4.48. The normalized spacial score (nSPS) is 14.8. The molecule has 0 radical (unpaired) electrons. The van der Waals surface area contributed by atoms with Gasteiger partial charge < -0.3 is 9.47 Å². The number of pyridine rings is 1. The largest absolute Gasteiger partial charge is 0.496 e. The lowest BCUT2D eigenvalue weighted by atomic mass is 10.1. The Hall–Kier alpha value is -1.77. The van der Waals surface area contributed by atoms with Gasteiger partial charge in [0.2, 0.25) is 5.88 Å². The first-order chi connectivity index (χ1) is 8.83. The predicted molar refractivity (Wildman–Crippen MR) is 71.4 cm³/mol. The second-order valence-electron chi connectivity index (χ2n) is 4.61. The van der Waals surface area contributed by atoms with Crippen molar-refractivity contribution in [1.82, 2.24) is 4.98 Å². The maximum atomic E-state index is 5.52. The van der Waals surface area contributed by atoms with Gasteiger partial charge in [0.25, 0.3) is 0 Å². The number of para-hydroxylation sites is 1. The molecule has 0 spiro atoms. The molecule has 3 nitrogen and oxygen atoms in total. The van der Waals surface area contributed by atoms with Crippen molar-refractivity contribution in [3.05, 3.63) is 29.8 Å². The third-order valence-electron chi connectivity index (χ3n) is 3.34. The van der Waals surface area contributed by atoms with Crippen molar-refractivity contribution < 1.29 is 9.47 Å². The Morgan fingerprint density at radius 2 is 2.17 bits per heavy atom. The summed E-state index contributed by atoms with van der Waals surface area (Å²) in [6.45, 7) is 2.58. The van der Waals surface area contributed by atoms with Crippen LogP contribution in [0.2, 0.25) is 0 Å². The Kier molecular flexibility index (Phi) is 2.82. The van der Waals surface area contributed by atoms with Crippen LogP contribution in [0.5, 0.6) is 11.6 Å². The van der Waals surface area contributed by atoms with Gasteiger partial charge in [-0.3, -0.25) is 0 Å². The van der Waals surface area contributed by atoms with Crippen LogP contribution in [0.15, 0.2) is 24.3 Å². The van der Waals surface area contributed by atoms with E-state index >= 15 is 0 Å². The molecule has 1 saturated carbocycles. The van der Waals surface area contributed by atoms with E-state index in [-0.39, 0.29) is 0 Å². The molecule has 1 aliphatic rings. The van der Waals surface area contributed by atoms with Crippen molar-refractivity contribution >= 4 is 10.9 Å². The number of fused-ring (bicyclic) bond motifs is 1. The van der Waals surface area contributed by atoms with Crippen LogP contribution in [0, 0.1) is 0 Å². The molecule has 0 bridgehead atoms. The molecule has 1 aliphatic carbocycles. The molecule has 2 aromatic rings. The highest BCUT2D eigenvalue weighted by Gasteiger charge is 2.26. The first-order valence-corrected chi connectivity index (χ1v) is 6.44. The monoisotopic (exact) mass is 243 g/mol. The summed E-state index contributed by atoms with van der Waals surface area (Å²) in [7, 11) is 1.69. The molecule has 3 heteroatoms. The van der Waals surface area contributed by atoms with Gasteiger partial charge in [0.1, 0.15) is 5.75 Å². The molecule has 0 N–H and O–H groups in total. The van der Waals surface area contributed by atoms with Crippen LogP contribution in [0.25, 0.3) is 10.9 Å². The van der Waals surface area contributed by atoms with E-state index < -0.39 is 0 Å². The molecule has 0 aliphatic heterocycles. The van der Waals surface area contributed by atoms with Crippen LogP contribution in [0.1, 0.15) is 31.2 Å². The summed E-state index contributed by atoms with van der Waals surface area (Å²) in [5, 5.41) is 1.07. The molecule has 0 atom stereocenters. The van der Waals surface area contributed by atoms with Gasteiger partial charge in [-0.2, -0.15) is 0 Å². The topological polar surface area (TPSA) is 31.4 Å². The van der Waals surface area contributed by atoms with E-state index in [1.165, 1.54) is 18.4 Å². The summed E-state index contributed by atoms with van der Waals surface area (Å²) < 4.78 is 11.0. The molecular formula is C15H17NO2. The van der Waals surface area contributed by atoms with Gasteiger partial charge in [-0.25, -0.2) is 4.98 Å². The second-order valence-corrected chi connectivity index (χ2v) is 4.61. The van der Waals surface area contributed by atoms with Gasteiger partial charge in [-0.05, 0) is 37.3 Å². The van der Waals surface area contributed by atoms with E-state index in [4.69, 9.17) is 9.47 Å². The minimum absolute atomic E-state index is 0.618. The lowest BCUT2D eigenvalue weighted by molar-refractivity contribution is 0.324. The first kappa shape index (κ1) is 11.3. The Labute approximate surface area is 107 Å². The number of benzene rings is 1. The van der Waals surface area contributed by atoms with E-state index in [0.29, 0.717) is 18.4 Å². The minimum Gasteiger partial charge on any atom is -0.496 e. The summed E-state index contributed by atoms with van der Waals surface area (Å²) in [4.78, 5) is 4.63. The van der Waals surface area contributed by atoms with Crippen molar-refractivity contribution in [3.8, 4) is 11.6 Å². The highest BCUT2D eigenvalue weighted by atomic mass is 16.5. The predicted octanol–water partition coefficient (Wildman–Crippen LogP) is 3.52. The summed E-state index contributed by atoms with van der Waals surface area (Å²) >= 11 is 0. The third kappa shape index (κ3) is 1.90. The van der Waals surface area contributed by atoms with E-state index in [1.54, 1.807) is 7.11 Å². The van der Waals surface area contributed by atoms with Crippen LogP contribution in [0.4, 0.5) is 0 Å². The van der Waals surface area contributed by atoms with Crippen molar-refractivity contribution in [1.29, 1.82) is 0 Å². The molecule has 1 heterocycles. The van der Waals surface area contributed by atoms with E-state index in [1.807, 2.05) is 13.0 Å². The summed E-state index contributed by atoms with van der Waals surface area (Å²) in [6, 6.07) is 8.17. The maximum Gasteiger partial charge on any atom is 0.217 e. The maximum absolute atomic E-state index is 5.52. The number of nitrogens with zero attached hydrogens (tertiary/aromatic N) is 1. The zero-order valence-electron chi connectivity index (χ0n) is 10.8. The lowest BCUT2D eigenvalue weighted by Gasteiger charge is -2.11. The average Bonchev–Trinajstić information content (AvgIpc) is 3.22.